The minimum atomic E-state index is -0.533. The molecule has 0 radical (unpaired) electrons. The minimum Gasteiger partial charge on any atom is -0.269 e. The van der Waals surface area contributed by atoms with Gasteiger partial charge in [-0.25, -0.2) is 29.4 Å². The van der Waals surface area contributed by atoms with Crippen LogP contribution in [-0.2, 0) is 101 Å². The highest BCUT2D eigenvalue weighted by Crippen LogP contribution is 2.40. The van der Waals surface area contributed by atoms with Gasteiger partial charge in [0.1, 0.15) is 0 Å². The summed E-state index contributed by atoms with van der Waals surface area (Å²) < 4.78 is 0. The van der Waals surface area contributed by atoms with Gasteiger partial charge in [-0.05, 0) is 202 Å². The zero-order valence-electron chi connectivity index (χ0n) is 59.3. The van der Waals surface area contributed by atoms with Gasteiger partial charge in [0.2, 0.25) is 0 Å². The highest BCUT2D eigenvalue weighted by atomic mass is 16.2. The smallest absolute Gasteiger partial charge is 0.258 e. The molecule has 16 rings (SSSR count). The summed E-state index contributed by atoms with van der Waals surface area (Å²) in [5.74, 6) is -4.24. The van der Waals surface area contributed by atoms with Crippen LogP contribution in [0.2, 0.25) is 0 Å². The van der Waals surface area contributed by atoms with Crippen LogP contribution in [-0.4, -0.2) is 70.9 Å². The van der Waals surface area contributed by atoms with Crippen molar-refractivity contribution in [3.05, 3.63) is 393 Å². The lowest BCUT2D eigenvalue weighted by Crippen LogP contribution is -2.29. The predicted octanol–water partition coefficient (Wildman–Crippen LogP) is 12.8. The number of hydrogen-bond donors (Lipinski definition) is 0. The largest absolute Gasteiger partial charge is 0.269 e. The summed E-state index contributed by atoms with van der Waals surface area (Å²) in [7, 11) is 0. The third kappa shape index (κ3) is 14.9. The first-order chi connectivity index (χ1) is 53.2. The van der Waals surface area contributed by atoms with Gasteiger partial charge in [0.05, 0.1) is 34.1 Å². The molecule has 6 aliphatic heterocycles. The molecule has 0 fully saturated rings. The van der Waals surface area contributed by atoms with Crippen LogP contribution in [0.5, 0.6) is 0 Å². The lowest BCUT2D eigenvalue weighted by molar-refractivity contribution is -0.121. The van der Waals surface area contributed by atoms with Crippen LogP contribution >= 0.6 is 0 Å². The summed E-state index contributed by atoms with van der Waals surface area (Å²) in [6, 6.07) is 76.9. The zero-order valence-corrected chi connectivity index (χ0v) is 59.3. The summed E-state index contributed by atoms with van der Waals surface area (Å²) >= 11 is 0. The van der Waals surface area contributed by atoms with E-state index in [1.165, 1.54) is 72.9 Å². The van der Waals surface area contributed by atoms with Crippen LogP contribution in [0.15, 0.2) is 310 Å². The van der Waals surface area contributed by atoms with Crippen molar-refractivity contribution < 1.29 is 57.5 Å². The van der Waals surface area contributed by atoms with E-state index in [-0.39, 0.29) is 70.9 Å². The van der Waals surface area contributed by atoms with Crippen LogP contribution in [0.3, 0.4) is 0 Å². The first kappa shape index (κ1) is 71.1. The molecule has 110 heavy (non-hydrogen) atoms. The summed E-state index contributed by atoms with van der Waals surface area (Å²) in [5, 5.41) is 0. The molecule has 0 bridgehead atoms. The van der Waals surface area contributed by atoms with E-state index >= 15 is 0 Å². The van der Waals surface area contributed by atoms with Gasteiger partial charge in [-0.1, -0.05) is 164 Å². The summed E-state index contributed by atoms with van der Waals surface area (Å²) in [6.07, 6.45) is 19.1. The number of amides is 12. The molecule has 0 atom stereocenters. The van der Waals surface area contributed by atoms with E-state index in [4.69, 9.17) is 0 Å². The molecule has 12 amide bonds. The fourth-order valence-corrected chi connectivity index (χ4v) is 14.4. The number of carbonyl (C=O) groups excluding carboxylic acids is 12. The molecule has 0 spiro atoms. The number of nitrogens with zero attached hydrogens (tertiary/aromatic N) is 6. The first-order valence-corrected chi connectivity index (χ1v) is 35.6. The van der Waals surface area contributed by atoms with Crippen molar-refractivity contribution in [1.82, 2.24) is 0 Å². The summed E-state index contributed by atoms with van der Waals surface area (Å²) in [6.45, 7) is 2.24. The Morgan fingerprint density at radius 3 is 0.427 bits per heavy atom. The monoisotopic (exact) mass is 1450 g/mol. The average Bonchev–Trinajstić information content (AvgIpc) is 1.14. The maximum atomic E-state index is 12.2. The minimum absolute atomic E-state index is 0.342. The van der Waals surface area contributed by atoms with Crippen molar-refractivity contribution >= 4 is 105 Å². The molecule has 0 unspecified atom stereocenters. The van der Waals surface area contributed by atoms with Crippen molar-refractivity contribution in [2.75, 3.05) is 29.4 Å². The van der Waals surface area contributed by atoms with E-state index in [2.05, 4.69) is 97.9 Å². The van der Waals surface area contributed by atoms with Gasteiger partial charge in [-0.15, -0.1) is 0 Å². The van der Waals surface area contributed by atoms with Crippen molar-refractivity contribution in [2.45, 2.75) is 50.9 Å². The summed E-state index contributed by atoms with van der Waals surface area (Å²) in [5.41, 5.74) is 18.7. The third-order valence-electron chi connectivity index (χ3n) is 20.2. The standard InChI is InChI=1S/C53H39N3O6.C39H27N3O6/c1-53(41-14-2-35(3-15-41)32-38-8-20-44(21-9-38)54-47(57)26-27-48(54)58,42-16-4-36(5-17-42)33-39-10-22-45(23-11-39)55-49(59)28-29-50(55)60)43-18-6-37(7-19-43)34-40-12-24-46(25-13-40)56-51(61)30-31-52(56)62;43-34-13-14-35(44)40(34)31-7-1-25(2-8-31)19-28-22-29(20-26-3-9-32(10-4-26)41-36(45)15-16-37(41)46)24-30(23-28)21-27-5-11-33(12-6-27)42-38(47)17-18-39(42)48/h2-31H,32-34H2,1H3;1-18,22-24H,19-21H2. The van der Waals surface area contributed by atoms with E-state index in [9.17, 15) is 57.5 Å². The highest BCUT2D eigenvalue weighted by molar-refractivity contribution is 6.31. The lowest BCUT2D eigenvalue weighted by Gasteiger charge is -2.32. The summed E-state index contributed by atoms with van der Waals surface area (Å²) in [4.78, 5) is 153. The van der Waals surface area contributed by atoms with Gasteiger partial charge in [0, 0.05) is 78.3 Å². The molecule has 6 heterocycles. The molecule has 536 valence electrons. The van der Waals surface area contributed by atoms with Crippen LogP contribution in [0.4, 0.5) is 34.1 Å². The van der Waals surface area contributed by atoms with Gasteiger partial charge >= 0.3 is 0 Å². The van der Waals surface area contributed by atoms with Crippen LogP contribution in [0.25, 0.3) is 0 Å². The lowest BCUT2D eigenvalue weighted by atomic mass is 9.70. The van der Waals surface area contributed by atoms with Gasteiger partial charge in [-0.3, -0.25) is 57.5 Å². The van der Waals surface area contributed by atoms with E-state index in [0.29, 0.717) is 72.6 Å². The van der Waals surface area contributed by atoms with Gasteiger partial charge in [0.25, 0.3) is 70.9 Å². The number of anilines is 6. The number of carbonyl (C=O) groups is 12. The van der Waals surface area contributed by atoms with Crippen LogP contribution < -0.4 is 29.4 Å². The number of imide groups is 6. The van der Waals surface area contributed by atoms with Crippen molar-refractivity contribution in [2.24, 2.45) is 0 Å². The molecule has 10 aromatic rings. The molecule has 18 heteroatoms. The van der Waals surface area contributed by atoms with Crippen molar-refractivity contribution in [1.29, 1.82) is 0 Å². The van der Waals surface area contributed by atoms with Gasteiger partial charge in [0.15, 0.2) is 0 Å². The molecule has 0 aliphatic carbocycles. The maximum absolute atomic E-state index is 12.2. The Bertz CT molecular complexity index is 4980. The Kier molecular flexibility index (Phi) is 19.5. The van der Waals surface area contributed by atoms with E-state index in [1.54, 1.807) is 72.8 Å². The van der Waals surface area contributed by atoms with Gasteiger partial charge in [-0.2, -0.15) is 0 Å². The second kappa shape index (κ2) is 30.1. The quantitative estimate of drug-likeness (QED) is 0.0484. The van der Waals surface area contributed by atoms with Crippen LogP contribution in [0, 0.1) is 0 Å². The van der Waals surface area contributed by atoms with Crippen LogP contribution in [0.1, 0.15) is 90.4 Å². The Hall–Kier alpha value is -14.5. The zero-order chi connectivity index (χ0) is 76.3. The Balaban J connectivity index is 0.000000181. The van der Waals surface area contributed by atoms with Crippen molar-refractivity contribution in [3.8, 4) is 0 Å². The van der Waals surface area contributed by atoms with Gasteiger partial charge < -0.3 is 0 Å². The van der Waals surface area contributed by atoms with E-state index in [0.717, 1.165) is 113 Å². The molecule has 10 aromatic carbocycles. The highest BCUT2D eigenvalue weighted by Gasteiger charge is 2.34. The maximum Gasteiger partial charge on any atom is 0.258 e. The Morgan fingerprint density at radius 2 is 0.291 bits per heavy atom. The molecule has 0 saturated carbocycles. The Labute approximate surface area is 632 Å². The topological polar surface area (TPSA) is 224 Å². The normalized spacial score (nSPS) is 15.2. The van der Waals surface area contributed by atoms with E-state index < -0.39 is 5.41 Å². The predicted molar refractivity (Wildman–Crippen MR) is 417 cm³/mol. The molecule has 0 N–H and O–H groups in total. The molecule has 0 saturated heterocycles. The third-order valence-corrected chi connectivity index (χ3v) is 20.2. The number of rotatable bonds is 21. The fraction of sp³-hybridized carbons (Fsp3) is 0.0870. The molecule has 6 aliphatic rings. The van der Waals surface area contributed by atoms with Crippen molar-refractivity contribution in [3.63, 3.8) is 0 Å². The SMILES string of the molecule is CC(c1ccc(Cc2ccc(N3C(=O)C=CC3=O)cc2)cc1)(c1ccc(Cc2ccc(N3C(=O)C=CC3=O)cc2)cc1)c1ccc(Cc2ccc(N3C(=O)C=CC3=O)cc2)cc1.O=C1C=CC(=O)N1c1ccc(Cc2cc(Cc3ccc(N4C(=O)C=CC4=O)cc3)cc(Cc3ccc(N4C(=O)C=CC4=O)cc3)c2)cc1. The molecular weight excluding hydrogens is 1380 g/mol. The number of hydrogen-bond acceptors (Lipinski definition) is 12. The first-order valence-electron chi connectivity index (χ1n) is 35.6. The van der Waals surface area contributed by atoms with E-state index in [1.807, 2.05) is 72.8 Å². The Morgan fingerprint density at radius 1 is 0.173 bits per heavy atom. The second-order valence-electron chi connectivity index (χ2n) is 27.5. The second-order valence-corrected chi connectivity index (χ2v) is 27.5. The fourth-order valence-electron chi connectivity index (χ4n) is 14.4. The molecular formula is C92H66N6O12. The number of benzene rings is 10. The molecule has 18 nitrogen and oxygen atoms in total. The molecule has 0 aromatic heterocycles. The average molecular weight is 1450 g/mol.